The van der Waals surface area contributed by atoms with Crippen LogP contribution in [0.4, 0.5) is 0 Å². The van der Waals surface area contributed by atoms with E-state index < -0.39 is 0 Å². The number of rotatable bonds is 0. The molecule has 1 nitrogen and oxygen atoms in total. The van der Waals surface area contributed by atoms with Gasteiger partial charge in [0.25, 0.3) is 0 Å². The third-order valence-corrected chi connectivity index (χ3v) is 2.12. The highest BCUT2D eigenvalue weighted by Gasteiger charge is 1.84. The van der Waals surface area contributed by atoms with Crippen LogP contribution in [0.25, 0.3) is 0 Å². The zero-order valence-corrected chi connectivity index (χ0v) is 9.64. The summed E-state index contributed by atoms with van der Waals surface area (Å²) in [6.45, 7) is 4.08. The SMILES string of the molecule is Cc1ccc(C#N)cc1.Cc1ccccc1. The maximum atomic E-state index is 8.38. The predicted octanol–water partition coefficient (Wildman–Crippen LogP) is 3.86. The molecule has 1 heteroatoms. The number of aryl methyl sites for hydroxylation is 2. The van der Waals surface area contributed by atoms with E-state index in [1.165, 1.54) is 11.1 Å². The van der Waals surface area contributed by atoms with Gasteiger partial charge in [0.15, 0.2) is 0 Å². The summed E-state index contributed by atoms with van der Waals surface area (Å²) in [5, 5.41) is 8.38. The molecule has 0 saturated heterocycles. The molecule has 80 valence electrons. The van der Waals surface area contributed by atoms with Crippen molar-refractivity contribution in [2.45, 2.75) is 13.8 Å². The van der Waals surface area contributed by atoms with E-state index in [4.69, 9.17) is 5.26 Å². The monoisotopic (exact) mass is 209 g/mol. The molecule has 0 heterocycles. The van der Waals surface area contributed by atoms with Crippen LogP contribution >= 0.6 is 0 Å². The van der Waals surface area contributed by atoms with E-state index in [1.807, 2.05) is 49.4 Å². The van der Waals surface area contributed by atoms with Gasteiger partial charge in [-0.15, -0.1) is 0 Å². The first-order valence-electron chi connectivity index (χ1n) is 5.21. The normalized spacial score (nSPS) is 8.56. The van der Waals surface area contributed by atoms with Crippen LogP contribution in [0, 0.1) is 25.2 Å². The zero-order valence-electron chi connectivity index (χ0n) is 9.64. The van der Waals surface area contributed by atoms with Gasteiger partial charge in [0, 0.05) is 0 Å². The molecule has 0 bridgehead atoms. The minimum atomic E-state index is 0.723. The van der Waals surface area contributed by atoms with E-state index in [0.717, 1.165) is 5.56 Å². The second-order valence-corrected chi connectivity index (χ2v) is 3.63. The lowest BCUT2D eigenvalue weighted by Crippen LogP contribution is -1.72. The third-order valence-electron chi connectivity index (χ3n) is 2.12. The van der Waals surface area contributed by atoms with Crippen molar-refractivity contribution >= 4 is 0 Å². The molecular weight excluding hydrogens is 194 g/mol. The molecule has 2 aromatic rings. The van der Waals surface area contributed by atoms with E-state index in [0.29, 0.717) is 0 Å². The molecule has 0 aliphatic carbocycles. The van der Waals surface area contributed by atoms with Crippen molar-refractivity contribution < 1.29 is 0 Å². The number of hydrogen-bond acceptors (Lipinski definition) is 1. The molecule has 0 N–H and O–H groups in total. The van der Waals surface area contributed by atoms with Crippen molar-refractivity contribution in [2.75, 3.05) is 0 Å². The molecule has 0 fully saturated rings. The Morgan fingerprint density at radius 2 is 1.25 bits per heavy atom. The molecular formula is C15H15N. The second-order valence-electron chi connectivity index (χ2n) is 3.63. The smallest absolute Gasteiger partial charge is 0.0991 e. The van der Waals surface area contributed by atoms with Crippen LogP contribution < -0.4 is 0 Å². The lowest BCUT2D eigenvalue weighted by molar-refractivity contribution is 1.43. The van der Waals surface area contributed by atoms with Crippen molar-refractivity contribution in [1.29, 1.82) is 5.26 Å². The van der Waals surface area contributed by atoms with Crippen LogP contribution in [-0.2, 0) is 0 Å². The summed E-state index contributed by atoms with van der Waals surface area (Å²) in [7, 11) is 0. The van der Waals surface area contributed by atoms with Crippen LogP contribution in [0.15, 0.2) is 54.6 Å². The highest BCUT2D eigenvalue weighted by atomic mass is 14.2. The molecule has 0 atom stereocenters. The average Bonchev–Trinajstić information content (AvgIpc) is 2.32. The van der Waals surface area contributed by atoms with Crippen LogP contribution in [0.1, 0.15) is 16.7 Å². The molecule has 0 amide bonds. The van der Waals surface area contributed by atoms with Gasteiger partial charge in [0.2, 0.25) is 0 Å². The Bertz CT molecular complexity index is 449. The molecule has 0 radical (unpaired) electrons. The number of nitrogens with zero attached hydrogens (tertiary/aromatic N) is 1. The number of nitriles is 1. The summed E-state index contributed by atoms with van der Waals surface area (Å²) in [6.07, 6.45) is 0. The summed E-state index contributed by atoms with van der Waals surface area (Å²) >= 11 is 0. The zero-order chi connectivity index (χ0) is 11.8. The van der Waals surface area contributed by atoms with E-state index >= 15 is 0 Å². The molecule has 0 aromatic heterocycles. The fraction of sp³-hybridized carbons (Fsp3) is 0.133. The van der Waals surface area contributed by atoms with Crippen LogP contribution in [-0.4, -0.2) is 0 Å². The Kier molecular flexibility index (Phi) is 4.82. The quantitative estimate of drug-likeness (QED) is 0.646. The standard InChI is InChI=1S/C8H7N.C7H8/c1-7-2-4-8(6-9)5-3-7;1-7-5-3-2-4-6-7/h2-5H,1H3;2-6H,1H3. The Labute approximate surface area is 97.0 Å². The molecule has 0 aliphatic rings. The summed E-state index contributed by atoms with van der Waals surface area (Å²) in [5.41, 5.74) is 3.23. The summed E-state index contributed by atoms with van der Waals surface area (Å²) in [4.78, 5) is 0. The topological polar surface area (TPSA) is 23.8 Å². The molecule has 0 saturated carbocycles. The third kappa shape index (κ3) is 4.43. The fourth-order valence-corrected chi connectivity index (χ4v) is 1.16. The largest absolute Gasteiger partial charge is 0.192 e. The van der Waals surface area contributed by atoms with Crippen molar-refractivity contribution in [3.05, 3.63) is 71.3 Å². The van der Waals surface area contributed by atoms with Crippen LogP contribution in [0.5, 0.6) is 0 Å². The fourth-order valence-electron chi connectivity index (χ4n) is 1.16. The van der Waals surface area contributed by atoms with Gasteiger partial charge >= 0.3 is 0 Å². The minimum Gasteiger partial charge on any atom is -0.192 e. The van der Waals surface area contributed by atoms with Gasteiger partial charge in [0.1, 0.15) is 0 Å². The minimum absolute atomic E-state index is 0.723. The first kappa shape index (κ1) is 12.0. The molecule has 2 aromatic carbocycles. The lowest BCUT2D eigenvalue weighted by atomic mass is 10.2. The maximum absolute atomic E-state index is 8.38. The van der Waals surface area contributed by atoms with Gasteiger partial charge in [-0.1, -0.05) is 53.6 Å². The van der Waals surface area contributed by atoms with E-state index in [9.17, 15) is 0 Å². The summed E-state index contributed by atoms with van der Waals surface area (Å²) in [6, 6.07) is 19.8. The van der Waals surface area contributed by atoms with Gasteiger partial charge in [0.05, 0.1) is 11.6 Å². The van der Waals surface area contributed by atoms with E-state index in [1.54, 1.807) is 0 Å². The van der Waals surface area contributed by atoms with Gasteiger partial charge in [-0.25, -0.2) is 0 Å². The van der Waals surface area contributed by atoms with E-state index in [2.05, 4.69) is 25.1 Å². The Balaban J connectivity index is 0.000000165. The molecule has 2 rings (SSSR count). The Hall–Kier alpha value is -2.07. The van der Waals surface area contributed by atoms with E-state index in [-0.39, 0.29) is 0 Å². The van der Waals surface area contributed by atoms with Crippen molar-refractivity contribution in [2.24, 2.45) is 0 Å². The van der Waals surface area contributed by atoms with Crippen molar-refractivity contribution in [3.63, 3.8) is 0 Å². The molecule has 16 heavy (non-hydrogen) atoms. The average molecular weight is 209 g/mol. The van der Waals surface area contributed by atoms with Crippen LogP contribution in [0.3, 0.4) is 0 Å². The van der Waals surface area contributed by atoms with Gasteiger partial charge in [-0.3, -0.25) is 0 Å². The Morgan fingerprint density at radius 1 is 0.750 bits per heavy atom. The lowest BCUT2D eigenvalue weighted by Gasteiger charge is -1.88. The number of benzene rings is 2. The first-order valence-corrected chi connectivity index (χ1v) is 5.21. The molecule has 0 spiro atoms. The summed E-state index contributed by atoms with van der Waals surface area (Å²) < 4.78 is 0. The second kappa shape index (κ2) is 6.42. The maximum Gasteiger partial charge on any atom is 0.0991 e. The van der Waals surface area contributed by atoms with Crippen molar-refractivity contribution in [1.82, 2.24) is 0 Å². The highest BCUT2D eigenvalue weighted by molar-refractivity contribution is 5.30. The first-order chi connectivity index (χ1) is 7.72. The molecule has 0 aliphatic heterocycles. The van der Waals surface area contributed by atoms with Crippen molar-refractivity contribution in [3.8, 4) is 6.07 Å². The van der Waals surface area contributed by atoms with Crippen LogP contribution in [0.2, 0.25) is 0 Å². The highest BCUT2D eigenvalue weighted by Crippen LogP contribution is 1.99. The van der Waals surface area contributed by atoms with Gasteiger partial charge in [-0.05, 0) is 26.0 Å². The number of hydrogen-bond donors (Lipinski definition) is 0. The van der Waals surface area contributed by atoms with Gasteiger partial charge in [-0.2, -0.15) is 5.26 Å². The summed E-state index contributed by atoms with van der Waals surface area (Å²) in [5.74, 6) is 0. The van der Waals surface area contributed by atoms with Gasteiger partial charge < -0.3 is 0 Å². The Morgan fingerprint density at radius 3 is 1.62 bits per heavy atom. The molecule has 0 unspecified atom stereocenters. The predicted molar refractivity (Wildman–Crippen MR) is 67.1 cm³/mol.